The summed E-state index contributed by atoms with van der Waals surface area (Å²) < 4.78 is 5.65. The van der Waals surface area contributed by atoms with Gasteiger partial charge in [0.2, 0.25) is 0 Å². The summed E-state index contributed by atoms with van der Waals surface area (Å²) in [4.78, 5) is 26.9. The molecule has 7 nitrogen and oxygen atoms in total. The quantitative estimate of drug-likeness (QED) is 0.609. The standard InChI is InChI=1S/C19H21N3O4/c1-15(26-18-9-7-17(8-10-18)22(24)25)19(23)21-13-11-20(12-14-21)16-5-3-2-4-6-16/h2-10,15H,11-14H2,1H3. The van der Waals surface area contributed by atoms with Gasteiger partial charge in [-0.1, -0.05) is 18.2 Å². The van der Waals surface area contributed by atoms with Crippen LogP contribution in [0.15, 0.2) is 54.6 Å². The molecule has 1 amide bonds. The Bertz CT molecular complexity index is 756. The molecule has 1 unspecified atom stereocenters. The maximum atomic E-state index is 12.6. The average Bonchev–Trinajstić information content (AvgIpc) is 2.68. The van der Waals surface area contributed by atoms with Gasteiger partial charge in [-0.3, -0.25) is 14.9 Å². The summed E-state index contributed by atoms with van der Waals surface area (Å²) in [6.07, 6.45) is -0.639. The van der Waals surface area contributed by atoms with Crippen LogP contribution in [0.5, 0.6) is 5.75 Å². The Kier molecular flexibility index (Phi) is 5.36. The second-order valence-electron chi connectivity index (χ2n) is 6.16. The van der Waals surface area contributed by atoms with Gasteiger partial charge in [0.05, 0.1) is 4.92 Å². The van der Waals surface area contributed by atoms with E-state index in [9.17, 15) is 14.9 Å². The van der Waals surface area contributed by atoms with Crippen molar-refractivity contribution in [2.24, 2.45) is 0 Å². The number of hydrogen-bond donors (Lipinski definition) is 0. The van der Waals surface area contributed by atoms with Crippen molar-refractivity contribution < 1.29 is 14.5 Å². The third-order valence-corrected chi connectivity index (χ3v) is 4.42. The monoisotopic (exact) mass is 355 g/mol. The Morgan fingerprint density at radius 3 is 2.23 bits per heavy atom. The van der Waals surface area contributed by atoms with Gasteiger partial charge < -0.3 is 14.5 Å². The molecule has 2 aromatic carbocycles. The van der Waals surface area contributed by atoms with Gasteiger partial charge in [0.25, 0.3) is 11.6 Å². The summed E-state index contributed by atoms with van der Waals surface area (Å²) in [5.41, 5.74) is 1.16. The summed E-state index contributed by atoms with van der Waals surface area (Å²) in [6, 6.07) is 15.9. The highest BCUT2D eigenvalue weighted by Gasteiger charge is 2.26. The topological polar surface area (TPSA) is 75.9 Å². The number of carbonyl (C=O) groups excluding carboxylic acids is 1. The van der Waals surface area contributed by atoms with Crippen molar-refractivity contribution in [2.75, 3.05) is 31.1 Å². The fraction of sp³-hybridized carbons (Fsp3) is 0.316. The van der Waals surface area contributed by atoms with E-state index in [2.05, 4.69) is 17.0 Å². The number of non-ortho nitro benzene ring substituents is 1. The molecule has 1 fully saturated rings. The lowest BCUT2D eigenvalue weighted by Gasteiger charge is -2.37. The summed E-state index contributed by atoms with van der Waals surface area (Å²) in [5.74, 6) is 0.371. The molecule has 0 spiro atoms. The molecule has 1 heterocycles. The molecule has 0 bridgehead atoms. The number of amides is 1. The number of rotatable bonds is 5. The molecule has 0 radical (unpaired) electrons. The van der Waals surface area contributed by atoms with E-state index in [1.807, 2.05) is 18.2 Å². The summed E-state index contributed by atoms with van der Waals surface area (Å²) in [7, 11) is 0. The van der Waals surface area contributed by atoms with Crippen LogP contribution in [0.3, 0.4) is 0 Å². The first-order chi connectivity index (χ1) is 12.5. The first kappa shape index (κ1) is 17.7. The van der Waals surface area contributed by atoms with Crippen LogP contribution in [-0.4, -0.2) is 48.0 Å². The Hall–Kier alpha value is -3.09. The van der Waals surface area contributed by atoms with Crippen molar-refractivity contribution in [1.29, 1.82) is 0 Å². The van der Waals surface area contributed by atoms with Crippen molar-refractivity contribution >= 4 is 17.3 Å². The Morgan fingerprint density at radius 2 is 1.65 bits per heavy atom. The predicted molar refractivity (Wildman–Crippen MR) is 98.4 cm³/mol. The van der Waals surface area contributed by atoms with Crippen molar-refractivity contribution in [1.82, 2.24) is 4.90 Å². The first-order valence-corrected chi connectivity index (χ1v) is 8.54. The van der Waals surface area contributed by atoms with Gasteiger partial charge in [0.15, 0.2) is 6.10 Å². The van der Waals surface area contributed by atoms with Crippen LogP contribution >= 0.6 is 0 Å². The van der Waals surface area contributed by atoms with Crippen LogP contribution in [0.2, 0.25) is 0 Å². The van der Waals surface area contributed by atoms with Crippen LogP contribution in [0, 0.1) is 10.1 Å². The van der Waals surface area contributed by atoms with Crippen molar-refractivity contribution in [3.8, 4) is 5.75 Å². The lowest BCUT2D eigenvalue weighted by atomic mass is 10.2. The number of piperazine rings is 1. The molecule has 0 N–H and O–H groups in total. The number of ether oxygens (including phenoxy) is 1. The third kappa shape index (κ3) is 4.11. The molecule has 26 heavy (non-hydrogen) atoms. The zero-order valence-electron chi connectivity index (χ0n) is 14.6. The molecule has 0 aliphatic carbocycles. The van der Waals surface area contributed by atoms with Crippen molar-refractivity contribution in [3.63, 3.8) is 0 Å². The van der Waals surface area contributed by atoms with E-state index < -0.39 is 11.0 Å². The van der Waals surface area contributed by atoms with Gasteiger partial charge >= 0.3 is 0 Å². The largest absolute Gasteiger partial charge is 0.481 e. The molecular weight excluding hydrogens is 334 g/mol. The highest BCUT2D eigenvalue weighted by Crippen LogP contribution is 2.20. The number of anilines is 1. The number of benzene rings is 2. The van der Waals surface area contributed by atoms with Gasteiger partial charge in [-0.05, 0) is 31.2 Å². The van der Waals surface area contributed by atoms with E-state index >= 15 is 0 Å². The molecule has 3 rings (SSSR count). The van der Waals surface area contributed by atoms with Crippen molar-refractivity contribution in [2.45, 2.75) is 13.0 Å². The average molecular weight is 355 g/mol. The van der Waals surface area contributed by atoms with Gasteiger partial charge in [0, 0.05) is 44.0 Å². The van der Waals surface area contributed by atoms with Crippen LogP contribution < -0.4 is 9.64 Å². The van der Waals surface area contributed by atoms with Crippen LogP contribution in [0.4, 0.5) is 11.4 Å². The molecule has 1 saturated heterocycles. The minimum atomic E-state index is -0.639. The first-order valence-electron chi connectivity index (χ1n) is 8.54. The molecule has 1 atom stereocenters. The van der Waals surface area contributed by atoms with E-state index in [1.54, 1.807) is 11.8 Å². The molecule has 7 heteroatoms. The minimum Gasteiger partial charge on any atom is -0.481 e. The second kappa shape index (κ2) is 7.86. The number of nitrogens with zero attached hydrogens (tertiary/aromatic N) is 3. The molecule has 1 aliphatic rings. The van der Waals surface area contributed by atoms with Gasteiger partial charge in [0.1, 0.15) is 5.75 Å². The normalized spacial score (nSPS) is 15.4. The van der Waals surface area contributed by atoms with Crippen LogP contribution in [0.25, 0.3) is 0 Å². The number of carbonyl (C=O) groups is 1. The number of hydrogen-bond acceptors (Lipinski definition) is 5. The van der Waals surface area contributed by atoms with Gasteiger partial charge in [-0.25, -0.2) is 0 Å². The van der Waals surface area contributed by atoms with Gasteiger partial charge in [-0.15, -0.1) is 0 Å². The Morgan fingerprint density at radius 1 is 1.04 bits per heavy atom. The smallest absolute Gasteiger partial charge is 0.269 e. The van der Waals surface area contributed by atoms with Crippen LogP contribution in [0.1, 0.15) is 6.92 Å². The number of para-hydroxylation sites is 1. The van der Waals surface area contributed by atoms with E-state index in [-0.39, 0.29) is 11.6 Å². The SMILES string of the molecule is CC(Oc1ccc([N+](=O)[O-])cc1)C(=O)N1CCN(c2ccccc2)CC1. The Labute approximate surface area is 151 Å². The zero-order chi connectivity index (χ0) is 18.5. The molecule has 1 aliphatic heterocycles. The molecule has 0 saturated carbocycles. The van der Waals surface area contributed by atoms with E-state index in [0.29, 0.717) is 18.8 Å². The molecule has 0 aromatic heterocycles. The fourth-order valence-electron chi connectivity index (χ4n) is 2.98. The summed E-state index contributed by atoms with van der Waals surface area (Å²) >= 11 is 0. The maximum absolute atomic E-state index is 12.6. The minimum absolute atomic E-state index is 0.00614. The summed E-state index contributed by atoms with van der Waals surface area (Å²) in [5, 5.41) is 10.7. The lowest BCUT2D eigenvalue weighted by Crippen LogP contribution is -2.52. The molecule has 2 aromatic rings. The molecule has 136 valence electrons. The van der Waals surface area contributed by atoms with Crippen molar-refractivity contribution in [3.05, 3.63) is 64.7 Å². The summed E-state index contributed by atoms with van der Waals surface area (Å²) in [6.45, 7) is 4.54. The predicted octanol–water partition coefficient (Wildman–Crippen LogP) is 2.71. The Balaban J connectivity index is 1.53. The fourth-order valence-corrected chi connectivity index (χ4v) is 2.98. The highest BCUT2D eigenvalue weighted by molar-refractivity contribution is 5.81. The van der Waals surface area contributed by atoms with Crippen LogP contribution in [-0.2, 0) is 4.79 Å². The van der Waals surface area contributed by atoms with E-state index in [0.717, 1.165) is 18.8 Å². The second-order valence-corrected chi connectivity index (χ2v) is 6.16. The molecular formula is C19H21N3O4. The third-order valence-electron chi connectivity index (χ3n) is 4.42. The lowest BCUT2D eigenvalue weighted by molar-refractivity contribution is -0.384. The van der Waals surface area contributed by atoms with E-state index in [1.165, 1.54) is 24.3 Å². The van der Waals surface area contributed by atoms with Gasteiger partial charge in [-0.2, -0.15) is 0 Å². The number of nitro groups is 1. The highest BCUT2D eigenvalue weighted by atomic mass is 16.6. The zero-order valence-corrected chi connectivity index (χ0v) is 14.6. The van der Waals surface area contributed by atoms with E-state index in [4.69, 9.17) is 4.74 Å². The number of nitro benzene ring substituents is 1. The maximum Gasteiger partial charge on any atom is 0.269 e.